The molecule has 0 saturated heterocycles. The van der Waals surface area contributed by atoms with Crippen LogP contribution in [0, 0.1) is 11.8 Å². The number of fused-ring (bicyclic) bond motifs is 1. The third kappa shape index (κ3) is 5.19. The van der Waals surface area contributed by atoms with E-state index in [0.717, 1.165) is 5.56 Å². The molecule has 1 atom stereocenters. The van der Waals surface area contributed by atoms with Crippen LogP contribution in [-0.2, 0) is 4.74 Å². The zero-order valence-electron chi connectivity index (χ0n) is 14.8. The summed E-state index contributed by atoms with van der Waals surface area (Å²) in [6, 6.07) is 9.78. The molecule has 150 valence electrons. The monoisotopic (exact) mass is 420 g/mol. The van der Waals surface area contributed by atoms with E-state index in [-0.39, 0.29) is 29.6 Å². The van der Waals surface area contributed by atoms with Crippen molar-refractivity contribution < 1.29 is 23.4 Å². The summed E-state index contributed by atoms with van der Waals surface area (Å²) in [5.41, 5.74) is 0.866. The molecule has 1 aromatic carbocycles. The number of carbonyl (C=O) groups is 1. The van der Waals surface area contributed by atoms with E-state index >= 15 is 0 Å². The lowest BCUT2D eigenvalue weighted by Crippen LogP contribution is -2.30. The molecule has 2 aromatic heterocycles. The Morgan fingerprint density at radius 1 is 1.34 bits per heavy atom. The van der Waals surface area contributed by atoms with Gasteiger partial charge in [0.2, 0.25) is 0 Å². The van der Waals surface area contributed by atoms with Gasteiger partial charge in [0.1, 0.15) is 23.0 Å². The van der Waals surface area contributed by atoms with Crippen LogP contribution >= 0.6 is 11.6 Å². The molecule has 1 amide bonds. The van der Waals surface area contributed by atoms with Crippen molar-refractivity contribution in [1.29, 1.82) is 0 Å². The van der Waals surface area contributed by atoms with E-state index in [9.17, 15) is 13.6 Å². The third-order valence-corrected chi connectivity index (χ3v) is 4.08. The van der Waals surface area contributed by atoms with E-state index < -0.39 is 18.7 Å². The fraction of sp³-hybridized carbons (Fsp3) is 0.211. The maximum atomic E-state index is 13.1. The summed E-state index contributed by atoms with van der Waals surface area (Å²) in [7, 11) is 0. The number of aromatic nitrogens is 3. The highest BCUT2D eigenvalue weighted by Gasteiger charge is 2.16. The molecule has 0 spiro atoms. The van der Waals surface area contributed by atoms with Gasteiger partial charge >= 0.3 is 12.6 Å². The Balaban J connectivity index is 1.71. The van der Waals surface area contributed by atoms with E-state index in [1.54, 1.807) is 24.3 Å². The predicted molar refractivity (Wildman–Crippen MR) is 102 cm³/mol. The van der Waals surface area contributed by atoms with Gasteiger partial charge in [-0.2, -0.15) is 13.9 Å². The average molecular weight is 421 g/mol. The van der Waals surface area contributed by atoms with E-state index in [0.29, 0.717) is 10.1 Å². The first-order chi connectivity index (χ1) is 14.0. The highest BCUT2D eigenvalue weighted by molar-refractivity contribution is 6.30. The lowest BCUT2D eigenvalue weighted by Gasteiger charge is -2.16. The predicted octanol–water partition coefficient (Wildman–Crippen LogP) is 3.86. The summed E-state index contributed by atoms with van der Waals surface area (Å²) < 4.78 is 32.2. The fourth-order valence-corrected chi connectivity index (χ4v) is 2.89. The molecule has 1 unspecified atom stereocenters. The lowest BCUT2D eigenvalue weighted by molar-refractivity contribution is 0.0614. The normalized spacial score (nSPS) is 11.9. The van der Waals surface area contributed by atoms with Crippen LogP contribution in [0.2, 0.25) is 5.15 Å². The molecular formula is C19H15ClF2N4O3. The number of halogens is 3. The molecule has 29 heavy (non-hydrogen) atoms. The number of benzene rings is 1. The Labute approximate surface area is 169 Å². The molecule has 10 heteroatoms. The van der Waals surface area contributed by atoms with Crippen molar-refractivity contribution >= 4 is 28.6 Å². The van der Waals surface area contributed by atoms with Crippen LogP contribution in [0.25, 0.3) is 10.9 Å². The maximum absolute atomic E-state index is 13.1. The number of ether oxygens (including phenoxy) is 1. The first-order valence-corrected chi connectivity index (χ1v) is 8.76. The van der Waals surface area contributed by atoms with Gasteiger partial charge in [-0.25, -0.2) is 14.5 Å². The zero-order chi connectivity index (χ0) is 20.8. The molecule has 3 aromatic rings. The van der Waals surface area contributed by atoms with Crippen molar-refractivity contribution in [3.63, 3.8) is 0 Å². The zero-order valence-corrected chi connectivity index (χ0v) is 15.6. The van der Waals surface area contributed by atoms with Gasteiger partial charge in [0, 0.05) is 5.39 Å². The summed E-state index contributed by atoms with van der Waals surface area (Å²) in [5.74, 6) is 5.35. The first-order valence-electron chi connectivity index (χ1n) is 8.38. The molecule has 0 aliphatic rings. The van der Waals surface area contributed by atoms with Crippen LogP contribution in [0.15, 0.2) is 42.6 Å². The van der Waals surface area contributed by atoms with Crippen LogP contribution in [-0.4, -0.2) is 39.2 Å². The average Bonchev–Trinajstić information content (AvgIpc) is 3.11. The number of carboxylic acid groups (broad SMARTS) is 1. The van der Waals surface area contributed by atoms with Crippen molar-refractivity contribution in [2.45, 2.75) is 12.6 Å². The van der Waals surface area contributed by atoms with Gasteiger partial charge in [-0.1, -0.05) is 47.9 Å². The van der Waals surface area contributed by atoms with E-state index in [2.05, 4.69) is 27.2 Å². The van der Waals surface area contributed by atoms with Crippen LogP contribution in [0.5, 0.6) is 0 Å². The van der Waals surface area contributed by atoms with Crippen molar-refractivity contribution in [3.8, 4) is 11.8 Å². The number of hydrogen-bond acceptors (Lipinski definition) is 4. The van der Waals surface area contributed by atoms with Gasteiger partial charge in [-0.05, 0) is 17.6 Å². The van der Waals surface area contributed by atoms with Gasteiger partial charge in [-0.15, -0.1) is 0 Å². The van der Waals surface area contributed by atoms with Gasteiger partial charge in [-0.3, -0.25) is 0 Å². The van der Waals surface area contributed by atoms with Gasteiger partial charge < -0.3 is 15.2 Å². The van der Waals surface area contributed by atoms with E-state index in [1.807, 2.05) is 6.07 Å². The minimum atomic E-state index is -2.85. The SMILES string of the molecule is O=C(O)NC(COCC#Cc1nc(Cl)cc2cnn(C(F)F)c12)c1ccccc1. The largest absolute Gasteiger partial charge is 0.465 e. The van der Waals surface area contributed by atoms with Crippen molar-refractivity contribution in [2.24, 2.45) is 0 Å². The van der Waals surface area contributed by atoms with Crippen molar-refractivity contribution in [2.75, 3.05) is 13.2 Å². The number of nitrogens with zero attached hydrogens (tertiary/aromatic N) is 3. The molecule has 0 fully saturated rings. The van der Waals surface area contributed by atoms with Crippen LogP contribution in [0.3, 0.4) is 0 Å². The Morgan fingerprint density at radius 2 is 2.10 bits per heavy atom. The Kier molecular flexibility index (Phi) is 6.59. The number of alkyl halides is 2. The minimum absolute atomic E-state index is 0.0400. The number of rotatable bonds is 6. The molecule has 0 aliphatic heterocycles. The van der Waals surface area contributed by atoms with Crippen molar-refractivity contribution in [3.05, 3.63) is 59.0 Å². The molecular weight excluding hydrogens is 406 g/mol. The second-order valence-corrected chi connectivity index (χ2v) is 6.22. The molecule has 0 saturated carbocycles. The van der Waals surface area contributed by atoms with E-state index in [1.165, 1.54) is 12.3 Å². The Bertz CT molecular complexity index is 1060. The Morgan fingerprint density at radius 3 is 2.79 bits per heavy atom. The number of hydrogen-bond donors (Lipinski definition) is 2. The fourth-order valence-electron chi connectivity index (χ4n) is 2.69. The molecule has 0 bridgehead atoms. The van der Waals surface area contributed by atoms with Gasteiger partial charge in [0.15, 0.2) is 0 Å². The number of amides is 1. The standard InChI is InChI=1S/C19H15ClF2N4O3/c20-16-9-13-10-23-26(18(21)22)17(13)14(24-16)7-4-8-29-11-15(25-19(27)28)12-5-2-1-3-6-12/h1-3,5-6,9-10,15,18,25H,8,11H2,(H,27,28). The second-order valence-electron chi connectivity index (χ2n) is 5.83. The summed E-state index contributed by atoms with van der Waals surface area (Å²) >= 11 is 5.91. The third-order valence-electron chi connectivity index (χ3n) is 3.89. The molecule has 3 rings (SSSR count). The van der Waals surface area contributed by atoms with Crippen LogP contribution in [0.1, 0.15) is 23.8 Å². The maximum Gasteiger partial charge on any atom is 0.405 e. The molecule has 0 radical (unpaired) electrons. The van der Waals surface area contributed by atoms with Crippen LogP contribution in [0.4, 0.5) is 13.6 Å². The Hall–Kier alpha value is -3.22. The number of pyridine rings is 1. The number of nitrogens with one attached hydrogen (secondary N) is 1. The smallest absolute Gasteiger partial charge is 0.405 e. The highest BCUT2D eigenvalue weighted by atomic mass is 35.5. The van der Waals surface area contributed by atoms with Crippen molar-refractivity contribution in [1.82, 2.24) is 20.1 Å². The molecule has 0 aliphatic carbocycles. The minimum Gasteiger partial charge on any atom is -0.465 e. The summed E-state index contributed by atoms with van der Waals surface area (Å²) in [6.07, 6.45) is 0.0815. The highest BCUT2D eigenvalue weighted by Crippen LogP contribution is 2.24. The quantitative estimate of drug-likeness (QED) is 0.359. The summed E-state index contributed by atoms with van der Waals surface area (Å²) in [4.78, 5) is 15.0. The summed E-state index contributed by atoms with van der Waals surface area (Å²) in [6.45, 7) is -2.87. The topological polar surface area (TPSA) is 89.3 Å². The second kappa shape index (κ2) is 9.32. The molecule has 2 N–H and O–H groups in total. The van der Waals surface area contributed by atoms with Crippen LogP contribution < -0.4 is 5.32 Å². The molecule has 2 heterocycles. The lowest BCUT2D eigenvalue weighted by atomic mass is 10.1. The summed E-state index contributed by atoms with van der Waals surface area (Å²) in [5, 5.41) is 15.5. The first kappa shape index (κ1) is 20.5. The van der Waals surface area contributed by atoms with Gasteiger partial charge in [0.05, 0.1) is 18.8 Å². The molecule has 7 nitrogen and oxygen atoms in total. The van der Waals surface area contributed by atoms with Gasteiger partial charge in [0.25, 0.3) is 0 Å². The van der Waals surface area contributed by atoms with E-state index in [4.69, 9.17) is 21.4 Å².